The molecule has 7 nitrogen and oxygen atoms in total. The Morgan fingerprint density at radius 1 is 1.21 bits per heavy atom. The lowest BCUT2D eigenvalue weighted by atomic mass is 9.35. The molecule has 8 rings (SSSR count). The number of benzene rings is 1. The van der Waals surface area contributed by atoms with Crippen molar-refractivity contribution < 1.29 is 23.7 Å². The zero-order valence-electron chi connectivity index (χ0n) is 23.5. The largest absolute Gasteiger partial charge is 0.493 e. The number of esters is 1. The van der Waals surface area contributed by atoms with Crippen LogP contribution in [0.25, 0.3) is 0 Å². The number of piperidine rings is 1. The third kappa shape index (κ3) is 3.15. The van der Waals surface area contributed by atoms with E-state index in [0.717, 1.165) is 56.1 Å². The fraction of sp³-hybridized carbons (Fsp3) is 0.774. The van der Waals surface area contributed by atoms with Gasteiger partial charge in [-0.05, 0) is 81.4 Å². The molecular weight excluding hydrogens is 480 g/mol. The summed E-state index contributed by atoms with van der Waals surface area (Å²) in [5.41, 5.74) is 8.52. The molecule has 7 heteroatoms. The Labute approximate surface area is 226 Å². The third-order valence-electron chi connectivity index (χ3n) is 11.5. The number of nitrogens with two attached hydrogens (primary N) is 1. The average molecular weight is 525 g/mol. The zero-order valence-corrected chi connectivity index (χ0v) is 23.5. The van der Waals surface area contributed by atoms with Gasteiger partial charge in [0, 0.05) is 42.0 Å². The molecule has 208 valence electrons. The Hall–Kier alpha value is -1.83. The van der Waals surface area contributed by atoms with Crippen LogP contribution in [0.1, 0.15) is 69.9 Å². The van der Waals surface area contributed by atoms with E-state index in [1.54, 1.807) is 7.11 Å². The number of fused-ring (bicyclic) bond motifs is 2. The summed E-state index contributed by atoms with van der Waals surface area (Å²) >= 11 is 0. The Morgan fingerprint density at radius 3 is 2.74 bits per heavy atom. The van der Waals surface area contributed by atoms with E-state index < -0.39 is 11.6 Å². The minimum absolute atomic E-state index is 0.0693. The number of methoxy groups -OCH3 is 2. The maximum Gasteiger partial charge on any atom is 0.322 e. The van der Waals surface area contributed by atoms with Crippen molar-refractivity contribution in [2.24, 2.45) is 28.9 Å². The van der Waals surface area contributed by atoms with Crippen LogP contribution in [0.4, 0.5) is 0 Å². The molecule has 1 aromatic rings. The van der Waals surface area contributed by atoms with E-state index in [-0.39, 0.29) is 28.8 Å². The Bertz CT molecular complexity index is 1140. The molecule has 38 heavy (non-hydrogen) atoms. The second-order valence-electron chi connectivity index (χ2n) is 13.6. The summed E-state index contributed by atoms with van der Waals surface area (Å²) in [6.45, 7) is 6.83. The summed E-state index contributed by atoms with van der Waals surface area (Å²) in [5, 5.41) is 0. The summed E-state index contributed by atoms with van der Waals surface area (Å²) in [6.07, 6.45) is 8.46. The number of carbonyl (C=O) groups is 1. The smallest absolute Gasteiger partial charge is 0.322 e. The highest BCUT2D eigenvalue weighted by Gasteiger charge is 2.80. The molecule has 5 aliphatic carbocycles. The third-order valence-corrected chi connectivity index (χ3v) is 11.5. The first-order valence-electron chi connectivity index (χ1n) is 14.9. The van der Waals surface area contributed by atoms with E-state index in [1.807, 2.05) is 7.11 Å². The summed E-state index contributed by atoms with van der Waals surface area (Å²) in [5.74, 6) is 2.75. The average Bonchev–Trinajstić information content (AvgIpc) is 3.65. The molecule has 0 amide bonds. The van der Waals surface area contributed by atoms with Crippen molar-refractivity contribution in [2.75, 3.05) is 33.9 Å². The van der Waals surface area contributed by atoms with E-state index in [4.69, 9.17) is 24.7 Å². The molecular formula is C31H44N2O5. The van der Waals surface area contributed by atoms with Gasteiger partial charge in [0.05, 0.1) is 13.7 Å². The molecule has 2 heterocycles. The molecule has 1 aromatic carbocycles. The van der Waals surface area contributed by atoms with Gasteiger partial charge in [-0.3, -0.25) is 9.69 Å². The molecule has 3 unspecified atom stereocenters. The van der Waals surface area contributed by atoms with Crippen LogP contribution in [0, 0.1) is 23.2 Å². The summed E-state index contributed by atoms with van der Waals surface area (Å²) < 4.78 is 25.4. The van der Waals surface area contributed by atoms with Gasteiger partial charge in [0.2, 0.25) is 0 Å². The monoisotopic (exact) mass is 524 g/mol. The van der Waals surface area contributed by atoms with Crippen LogP contribution in [-0.4, -0.2) is 68.6 Å². The molecule has 7 aliphatic rings. The molecule has 4 bridgehead atoms. The maximum absolute atomic E-state index is 12.9. The topological polar surface area (TPSA) is 83.2 Å². The molecule has 2 N–H and O–H groups in total. The standard InChI is InChI=1S/C31H44N2O5/c1-18(2)13-22(32)27(34)37-17-21-15-29-9-10-31(21,36-4)28-30(29)11-12-33(16-19-5-6-19)24(29)14-20-7-8-23(35-3)26(38-28)25(20)30/h7-8,18-19,21-22,24,28H,5-6,9-17,32H2,1-4H3/t21-,22+,24-,28-,29?,30?,31?/m1/s1. The lowest BCUT2D eigenvalue weighted by Crippen LogP contribution is -2.81. The quantitative estimate of drug-likeness (QED) is 0.492. The van der Waals surface area contributed by atoms with Crippen molar-refractivity contribution >= 4 is 5.97 Å². The molecule has 2 spiro atoms. The fourth-order valence-corrected chi connectivity index (χ4v) is 9.79. The first-order chi connectivity index (χ1) is 18.3. The van der Waals surface area contributed by atoms with Crippen molar-refractivity contribution in [3.05, 3.63) is 23.3 Å². The van der Waals surface area contributed by atoms with Crippen molar-refractivity contribution in [1.82, 2.24) is 4.90 Å². The number of carbonyl (C=O) groups excluding carboxylic acids is 1. The molecule has 1 saturated heterocycles. The van der Waals surface area contributed by atoms with Gasteiger partial charge in [-0.1, -0.05) is 19.9 Å². The van der Waals surface area contributed by atoms with E-state index in [9.17, 15) is 4.79 Å². The summed E-state index contributed by atoms with van der Waals surface area (Å²) in [6, 6.07) is 4.28. The number of hydrogen-bond acceptors (Lipinski definition) is 7. The van der Waals surface area contributed by atoms with Crippen LogP contribution in [0.5, 0.6) is 11.5 Å². The van der Waals surface area contributed by atoms with Crippen molar-refractivity contribution in [1.29, 1.82) is 0 Å². The highest BCUT2D eigenvalue weighted by Crippen LogP contribution is 2.76. The Balaban J connectivity index is 1.30. The van der Waals surface area contributed by atoms with Gasteiger partial charge in [-0.25, -0.2) is 0 Å². The maximum atomic E-state index is 12.9. The second kappa shape index (κ2) is 8.58. The van der Waals surface area contributed by atoms with Gasteiger partial charge in [0.25, 0.3) is 0 Å². The van der Waals surface area contributed by atoms with E-state index >= 15 is 0 Å². The van der Waals surface area contributed by atoms with Crippen LogP contribution >= 0.6 is 0 Å². The lowest BCUT2D eigenvalue weighted by molar-refractivity contribution is -0.282. The van der Waals surface area contributed by atoms with Gasteiger partial charge < -0.3 is 24.7 Å². The van der Waals surface area contributed by atoms with Crippen LogP contribution in [0.3, 0.4) is 0 Å². The second-order valence-corrected chi connectivity index (χ2v) is 13.6. The first kappa shape index (κ1) is 25.2. The molecule has 5 fully saturated rings. The van der Waals surface area contributed by atoms with Crippen molar-refractivity contribution in [2.45, 2.75) is 94.4 Å². The highest BCUT2D eigenvalue weighted by molar-refractivity contribution is 5.75. The van der Waals surface area contributed by atoms with E-state index in [2.05, 4.69) is 30.9 Å². The minimum Gasteiger partial charge on any atom is -0.493 e. The normalized spacial score (nSPS) is 39.1. The van der Waals surface area contributed by atoms with Gasteiger partial charge in [0.15, 0.2) is 11.5 Å². The van der Waals surface area contributed by atoms with Crippen molar-refractivity contribution in [3.63, 3.8) is 0 Å². The van der Waals surface area contributed by atoms with Gasteiger partial charge in [-0.15, -0.1) is 0 Å². The van der Waals surface area contributed by atoms with Gasteiger partial charge >= 0.3 is 5.97 Å². The molecule has 4 saturated carbocycles. The first-order valence-corrected chi connectivity index (χ1v) is 14.9. The van der Waals surface area contributed by atoms with Crippen LogP contribution in [0.2, 0.25) is 0 Å². The van der Waals surface area contributed by atoms with E-state index in [0.29, 0.717) is 25.0 Å². The molecule has 7 atom stereocenters. The Kier molecular flexibility index (Phi) is 5.68. The van der Waals surface area contributed by atoms with Crippen LogP contribution in [0.15, 0.2) is 12.1 Å². The predicted octanol–water partition coefficient (Wildman–Crippen LogP) is 3.84. The van der Waals surface area contributed by atoms with Crippen LogP contribution < -0.4 is 15.2 Å². The van der Waals surface area contributed by atoms with E-state index in [1.165, 1.54) is 30.5 Å². The number of rotatable bonds is 9. The fourth-order valence-electron chi connectivity index (χ4n) is 9.79. The van der Waals surface area contributed by atoms with Gasteiger partial charge in [-0.2, -0.15) is 0 Å². The highest BCUT2D eigenvalue weighted by atomic mass is 16.6. The predicted molar refractivity (Wildman–Crippen MR) is 143 cm³/mol. The SMILES string of the molecule is COc1ccc2c3c1O[C@H]1C4(OC)CCC5(C[C@@H]4COC(=O)[C@@H](N)CC(C)C)[C@@H](C2)N(CC2CC2)CCC315. The number of hydrogen-bond donors (Lipinski definition) is 1. The number of nitrogens with zero attached hydrogens (tertiary/aromatic N) is 1. The Morgan fingerprint density at radius 2 is 2.03 bits per heavy atom. The summed E-state index contributed by atoms with van der Waals surface area (Å²) in [7, 11) is 3.57. The number of ether oxygens (including phenoxy) is 4. The zero-order chi connectivity index (χ0) is 26.4. The minimum atomic E-state index is -0.583. The molecule has 0 aromatic heterocycles. The lowest BCUT2D eigenvalue weighted by Gasteiger charge is -2.73. The van der Waals surface area contributed by atoms with Crippen LogP contribution in [-0.2, 0) is 26.1 Å². The summed E-state index contributed by atoms with van der Waals surface area (Å²) in [4.78, 5) is 15.7. The number of likely N-dealkylation sites (tertiary alicyclic amines) is 1. The van der Waals surface area contributed by atoms with Gasteiger partial charge in [0.1, 0.15) is 17.7 Å². The van der Waals surface area contributed by atoms with Crippen molar-refractivity contribution in [3.8, 4) is 11.5 Å². The molecule has 2 aliphatic heterocycles. The molecule has 0 radical (unpaired) electrons.